The van der Waals surface area contributed by atoms with E-state index in [2.05, 4.69) is 22.8 Å². The molecule has 0 aliphatic heterocycles. The van der Waals surface area contributed by atoms with Crippen LogP contribution in [0.15, 0.2) is 60.7 Å². The number of amides is 2. The third-order valence-electron chi connectivity index (χ3n) is 4.44. The second kappa shape index (κ2) is 9.50. The molecule has 0 heterocycles. The number of carbonyl (C=O) groups is 3. The molecule has 3 rings (SSSR count). The summed E-state index contributed by atoms with van der Waals surface area (Å²) in [6.45, 7) is -0.250. The van der Waals surface area contributed by atoms with Gasteiger partial charge in [-0.05, 0) is 43.0 Å². The molecule has 0 saturated carbocycles. The summed E-state index contributed by atoms with van der Waals surface area (Å²) in [4.78, 5) is 35.5. The van der Waals surface area contributed by atoms with E-state index in [1.807, 2.05) is 0 Å². The van der Waals surface area contributed by atoms with E-state index in [1.165, 1.54) is 0 Å². The minimum Gasteiger partial charge on any atom is -0.483 e. The van der Waals surface area contributed by atoms with E-state index in [9.17, 15) is 14.4 Å². The van der Waals surface area contributed by atoms with Crippen molar-refractivity contribution in [3.63, 3.8) is 0 Å². The molecular formula is C22H22N2O4. The highest BCUT2D eigenvalue weighted by molar-refractivity contribution is 6.00. The number of para-hydroxylation sites is 3. The normalized spacial score (nSPS) is 15.1. The van der Waals surface area contributed by atoms with E-state index in [4.69, 9.17) is 4.74 Å². The van der Waals surface area contributed by atoms with Crippen LogP contribution in [0.25, 0.3) is 0 Å². The first-order valence-corrected chi connectivity index (χ1v) is 9.18. The van der Waals surface area contributed by atoms with Crippen molar-refractivity contribution in [2.75, 3.05) is 17.2 Å². The maximum absolute atomic E-state index is 12.3. The lowest BCUT2D eigenvalue weighted by molar-refractivity contribution is -0.118. The minimum absolute atomic E-state index is 0.0885. The summed E-state index contributed by atoms with van der Waals surface area (Å²) >= 11 is 0. The number of hydrogen-bond acceptors (Lipinski definition) is 4. The Kier molecular flexibility index (Phi) is 6.57. The first-order chi connectivity index (χ1) is 13.7. The van der Waals surface area contributed by atoms with Crippen molar-refractivity contribution < 1.29 is 19.1 Å². The van der Waals surface area contributed by atoms with Gasteiger partial charge in [0.2, 0.25) is 5.91 Å². The molecule has 0 saturated heterocycles. The van der Waals surface area contributed by atoms with Crippen LogP contribution in [0.2, 0.25) is 0 Å². The standard InChI is InChI=1S/C22H22N2O4/c25-14-17-9-3-6-12-20(17)28-15-22(27)24-19-11-5-4-10-18(19)23-21(26)13-16-7-1-2-8-16/h1,3-7,9-12,14,16H,2,8,13,15H2,(H,23,26)(H,24,27). The van der Waals surface area contributed by atoms with Crippen molar-refractivity contribution in [3.05, 3.63) is 66.2 Å². The molecule has 1 atom stereocenters. The van der Waals surface area contributed by atoms with Gasteiger partial charge < -0.3 is 15.4 Å². The van der Waals surface area contributed by atoms with Crippen LogP contribution in [-0.2, 0) is 9.59 Å². The number of benzene rings is 2. The number of allylic oxidation sites excluding steroid dienone is 2. The summed E-state index contributed by atoms with van der Waals surface area (Å²) in [5.41, 5.74) is 1.41. The number of nitrogens with one attached hydrogen (secondary N) is 2. The number of aldehydes is 1. The van der Waals surface area contributed by atoms with Crippen LogP contribution in [0.5, 0.6) is 5.75 Å². The molecular weight excluding hydrogens is 356 g/mol. The monoisotopic (exact) mass is 378 g/mol. The number of ether oxygens (including phenoxy) is 1. The SMILES string of the molecule is O=Cc1ccccc1OCC(=O)Nc1ccccc1NC(=O)CC1C=CCC1. The molecule has 0 aromatic heterocycles. The van der Waals surface area contributed by atoms with Gasteiger partial charge in [0, 0.05) is 6.42 Å². The minimum atomic E-state index is -0.388. The highest BCUT2D eigenvalue weighted by atomic mass is 16.5. The summed E-state index contributed by atoms with van der Waals surface area (Å²) < 4.78 is 5.43. The van der Waals surface area contributed by atoms with Crippen molar-refractivity contribution in [2.24, 2.45) is 5.92 Å². The van der Waals surface area contributed by atoms with Gasteiger partial charge in [0.25, 0.3) is 5.91 Å². The molecule has 2 N–H and O–H groups in total. The number of carbonyl (C=O) groups excluding carboxylic acids is 3. The quantitative estimate of drug-likeness (QED) is 0.540. The van der Waals surface area contributed by atoms with E-state index in [1.54, 1.807) is 48.5 Å². The second-order valence-corrected chi connectivity index (χ2v) is 6.56. The summed E-state index contributed by atoms with van der Waals surface area (Å²) in [7, 11) is 0. The highest BCUT2D eigenvalue weighted by Gasteiger charge is 2.16. The molecule has 1 aliphatic rings. The fourth-order valence-electron chi connectivity index (χ4n) is 3.04. The van der Waals surface area contributed by atoms with E-state index >= 15 is 0 Å². The second-order valence-electron chi connectivity index (χ2n) is 6.56. The molecule has 1 unspecified atom stereocenters. The van der Waals surface area contributed by atoms with Crippen LogP contribution in [-0.4, -0.2) is 24.7 Å². The molecule has 2 aromatic rings. The van der Waals surface area contributed by atoms with Gasteiger partial charge in [-0.2, -0.15) is 0 Å². The molecule has 0 fully saturated rings. The molecule has 0 radical (unpaired) electrons. The zero-order valence-corrected chi connectivity index (χ0v) is 15.4. The zero-order valence-electron chi connectivity index (χ0n) is 15.4. The number of hydrogen-bond donors (Lipinski definition) is 2. The molecule has 6 heteroatoms. The van der Waals surface area contributed by atoms with Gasteiger partial charge in [0.15, 0.2) is 12.9 Å². The lowest BCUT2D eigenvalue weighted by atomic mass is 10.0. The first kappa shape index (κ1) is 19.4. The Labute approximate surface area is 163 Å². The van der Waals surface area contributed by atoms with Gasteiger partial charge >= 0.3 is 0 Å². The number of rotatable bonds is 8. The molecule has 2 aromatic carbocycles. The summed E-state index contributed by atoms with van der Waals surface area (Å²) in [6, 6.07) is 13.7. The van der Waals surface area contributed by atoms with Crippen LogP contribution in [0.4, 0.5) is 11.4 Å². The van der Waals surface area contributed by atoms with Gasteiger partial charge in [-0.3, -0.25) is 14.4 Å². The van der Waals surface area contributed by atoms with Crippen LogP contribution in [0.3, 0.4) is 0 Å². The molecule has 0 bridgehead atoms. The smallest absolute Gasteiger partial charge is 0.262 e. The van der Waals surface area contributed by atoms with Crippen LogP contribution < -0.4 is 15.4 Å². The fraction of sp³-hybridized carbons (Fsp3) is 0.227. The molecule has 0 spiro atoms. The lowest BCUT2D eigenvalue weighted by Gasteiger charge is -2.14. The average molecular weight is 378 g/mol. The predicted octanol–water partition coefficient (Wildman–Crippen LogP) is 3.81. The largest absolute Gasteiger partial charge is 0.483 e. The Bertz CT molecular complexity index is 892. The maximum atomic E-state index is 12.3. The Morgan fingerprint density at radius 3 is 2.36 bits per heavy atom. The van der Waals surface area contributed by atoms with Gasteiger partial charge in [-0.25, -0.2) is 0 Å². The van der Waals surface area contributed by atoms with Crippen molar-refractivity contribution in [1.82, 2.24) is 0 Å². The average Bonchev–Trinajstić information content (AvgIpc) is 3.21. The highest BCUT2D eigenvalue weighted by Crippen LogP contribution is 2.24. The Balaban J connectivity index is 1.57. The number of anilines is 2. The van der Waals surface area contributed by atoms with Crippen molar-refractivity contribution in [1.29, 1.82) is 0 Å². The molecule has 6 nitrogen and oxygen atoms in total. The van der Waals surface area contributed by atoms with Crippen molar-refractivity contribution in [2.45, 2.75) is 19.3 Å². The van der Waals surface area contributed by atoms with Crippen molar-refractivity contribution >= 4 is 29.5 Å². The lowest BCUT2D eigenvalue weighted by Crippen LogP contribution is -2.22. The van der Waals surface area contributed by atoms with Gasteiger partial charge in [-0.15, -0.1) is 0 Å². The van der Waals surface area contributed by atoms with E-state index < -0.39 is 0 Å². The van der Waals surface area contributed by atoms with E-state index in [0.717, 1.165) is 12.8 Å². The van der Waals surface area contributed by atoms with Gasteiger partial charge in [-0.1, -0.05) is 36.4 Å². The zero-order chi connectivity index (χ0) is 19.8. The molecule has 144 valence electrons. The van der Waals surface area contributed by atoms with E-state index in [-0.39, 0.29) is 24.3 Å². The first-order valence-electron chi connectivity index (χ1n) is 9.18. The Morgan fingerprint density at radius 2 is 1.68 bits per heavy atom. The molecule has 2 amide bonds. The maximum Gasteiger partial charge on any atom is 0.262 e. The Hall–Kier alpha value is -3.41. The third-order valence-corrected chi connectivity index (χ3v) is 4.44. The van der Waals surface area contributed by atoms with Crippen LogP contribution in [0, 0.1) is 5.92 Å². The van der Waals surface area contributed by atoms with E-state index in [0.29, 0.717) is 35.4 Å². The molecule has 1 aliphatic carbocycles. The topological polar surface area (TPSA) is 84.5 Å². The fourth-order valence-corrected chi connectivity index (χ4v) is 3.04. The summed E-state index contributed by atoms with van der Waals surface area (Å²) in [5.74, 6) is 0.141. The Morgan fingerprint density at radius 1 is 1.00 bits per heavy atom. The van der Waals surface area contributed by atoms with Gasteiger partial charge in [0.1, 0.15) is 5.75 Å². The van der Waals surface area contributed by atoms with Crippen molar-refractivity contribution in [3.8, 4) is 5.75 Å². The third kappa shape index (κ3) is 5.30. The molecule has 28 heavy (non-hydrogen) atoms. The summed E-state index contributed by atoms with van der Waals surface area (Å²) in [6.07, 6.45) is 7.27. The predicted molar refractivity (Wildman–Crippen MR) is 108 cm³/mol. The summed E-state index contributed by atoms with van der Waals surface area (Å²) in [5, 5.41) is 5.60. The van der Waals surface area contributed by atoms with Gasteiger partial charge in [0.05, 0.1) is 16.9 Å². The van der Waals surface area contributed by atoms with Crippen LogP contribution >= 0.6 is 0 Å². The van der Waals surface area contributed by atoms with Crippen LogP contribution in [0.1, 0.15) is 29.6 Å².